The second kappa shape index (κ2) is 4.86. The van der Waals surface area contributed by atoms with Crippen LogP contribution in [-0.4, -0.2) is 32.2 Å². The first-order valence-electron chi connectivity index (χ1n) is 6.49. The van der Waals surface area contributed by atoms with Gasteiger partial charge in [0.15, 0.2) is 0 Å². The van der Waals surface area contributed by atoms with E-state index in [4.69, 9.17) is 0 Å². The Morgan fingerprint density at radius 1 is 1.30 bits per heavy atom. The van der Waals surface area contributed by atoms with E-state index in [0.29, 0.717) is 12.2 Å². The zero-order valence-corrected chi connectivity index (χ0v) is 13.0. The molecule has 1 aliphatic heterocycles. The lowest BCUT2D eigenvalue weighted by Gasteiger charge is -2.26. The van der Waals surface area contributed by atoms with Crippen molar-refractivity contribution in [1.82, 2.24) is 4.31 Å². The number of hydrogen-bond acceptors (Lipinski definition) is 3. The molecule has 0 saturated carbocycles. The number of carbonyl (C=O) groups is 1. The summed E-state index contributed by atoms with van der Waals surface area (Å²) in [5.41, 5.74) is 1.32. The third kappa shape index (κ3) is 3.02. The van der Waals surface area contributed by atoms with E-state index in [1.54, 1.807) is 25.2 Å². The van der Waals surface area contributed by atoms with Crippen molar-refractivity contribution in [2.75, 3.05) is 18.9 Å². The molecule has 1 aromatic rings. The summed E-state index contributed by atoms with van der Waals surface area (Å²) in [7, 11) is -1.94. The lowest BCUT2D eigenvalue weighted by Crippen LogP contribution is -2.34. The van der Waals surface area contributed by atoms with Crippen LogP contribution in [0.4, 0.5) is 5.69 Å². The summed E-state index contributed by atoms with van der Waals surface area (Å²) < 4.78 is 26.4. The molecule has 0 atom stereocenters. The van der Waals surface area contributed by atoms with E-state index in [9.17, 15) is 13.2 Å². The van der Waals surface area contributed by atoms with Crippen molar-refractivity contribution in [3.8, 4) is 0 Å². The van der Waals surface area contributed by atoms with Crippen LogP contribution in [-0.2, 0) is 21.2 Å². The van der Waals surface area contributed by atoms with Gasteiger partial charge >= 0.3 is 0 Å². The van der Waals surface area contributed by atoms with Crippen LogP contribution in [0.1, 0.15) is 26.3 Å². The third-order valence-corrected chi connectivity index (χ3v) is 4.91. The van der Waals surface area contributed by atoms with Crippen LogP contribution in [0.2, 0.25) is 0 Å². The van der Waals surface area contributed by atoms with E-state index in [1.807, 2.05) is 20.8 Å². The van der Waals surface area contributed by atoms with Gasteiger partial charge < -0.3 is 5.32 Å². The zero-order valence-electron chi connectivity index (χ0n) is 12.2. The van der Waals surface area contributed by atoms with Gasteiger partial charge in [-0.15, -0.1) is 0 Å². The first-order valence-corrected chi connectivity index (χ1v) is 7.93. The van der Waals surface area contributed by atoms with Crippen molar-refractivity contribution in [1.29, 1.82) is 0 Å². The molecule has 0 bridgehead atoms. The number of amides is 1. The molecule has 0 unspecified atom stereocenters. The van der Waals surface area contributed by atoms with Crippen molar-refractivity contribution < 1.29 is 13.2 Å². The van der Waals surface area contributed by atoms with E-state index in [-0.39, 0.29) is 22.6 Å². The van der Waals surface area contributed by atoms with Gasteiger partial charge in [0.25, 0.3) is 0 Å². The molecule has 1 N–H and O–H groups in total. The molecule has 1 heterocycles. The molecule has 1 aliphatic rings. The van der Waals surface area contributed by atoms with Crippen LogP contribution < -0.4 is 5.32 Å². The van der Waals surface area contributed by atoms with Crippen LogP contribution in [0.25, 0.3) is 0 Å². The van der Waals surface area contributed by atoms with Crippen LogP contribution in [0.15, 0.2) is 23.1 Å². The topological polar surface area (TPSA) is 66.5 Å². The van der Waals surface area contributed by atoms with Gasteiger partial charge in [-0.2, -0.15) is 0 Å². The highest BCUT2D eigenvalue weighted by Crippen LogP contribution is 2.28. The summed E-state index contributed by atoms with van der Waals surface area (Å²) in [5, 5.41) is 2.70. The van der Waals surface area contributed by atoms with Crippen molar-refractivity contribution in [2.24, 2.45) is 5.41 Å². The second-order valence-corrected chi connectivity index (χ2v) is 8.41. The molecule has 2 rings (SSSR count). The quantitative estimate of drug-likeness (QED) is 0.925. The largest absolute Gasteiger partial charge is 0.326 e. The van der Waals surface area contributed by atoms with Crippen molar-refractivity contribution in [3.63, 3.8) is 0 Å². The minimum absolute atomic E-state index is 0.0994. The Balaban J connectivity index is 2.31. The number of carbonyl (C=O) groups excluding carboxylic acids is 1. The average molecular weight is 296 g/mol. The molecular formula is C14H20N2O3S. The molecule has 20 heavy (non-hydrogen) atoms. The normalized spacial score (nSPS) is 15.3. The number of fused-ring (bicyclic) bond motifs is 1. The highest BCUT2D eigenvalue weighted by molar-refractivity contribution is 7.89. The monoisotopic (exact) mass is 296 g/mol. The Morgan fingerprint density at radius 2 is 1.95 bits per heavy atom. The average Bonchev–Trinajstić information content (AvgIpc) is 2.65. The molecular weight excluding hydrogens is 276 g/mol. The molecule has 0 spiro atoms. The number of rotatable bonds is 3. The summed E-state index contributed by atoms with van der Waals surface area (Å²) in [4.78, 5) is 11.5. The highest BCUT2D eigenvalue weighted by atomic mass is 32.2. The van der Waals surface area contributed by atoms with E-state index >= 15 is 0 Å². The fraction of sp³-hybridized carbons (Fsp3) is 0.500. The Hall–Kier alpha value is -1.40. The number of benzene rings is 1. The lowest BCUT2D eigenvalue weighted by molar-refractivity contribution is -0.115. The smallest absolute Gasteiger partial charge is 0.242 e. The number of anilines is 1. The fourth-order valence-electron chi connectivity index (χ4n) is 2.30. The maximum Gasteiger partial charge on any atom is 0.242 e. The summed E-state index contributed by atoms with van der Waals surface area (Å²) >= 11 is 0. The number of sulfonamides is 1. The van der Waals surface area contributed by atoms with Gasteiger partial charge in [-0.25, -0.2) is 12.7 Å². The Morgan fingerprint density at radius 3 is 2.55 bits per heavy atom. The first-order chi connectivity index (χ1) is 9.09. The maximum atomic E-state index is 12.5. The standard InChI is InChI=1S/C14H20N2O3S/c1-14(2,3)9-16(4)20(18,19)11-5-6-12-10(7-11)8-13(17)15-12/h5-7H,8-9H2,1-4H3,(H,15,17). The minimum Gasteiger partial charge on any atom is -0.326 e. The molecule has 0 fully saturated rings. The zero-order chi connectivity index (χ0) is 15.1. The molecule has 0 radical (unpaired) electrons. The summed E-state index contributed by atoms with van der Waals surface area (Å²) in [6, 6.07) is 4.78. The number of nitrogens with zero attached hydrogens (tertiary/aromatic N) is 1. The van der Waals surface area contributed by atoms with Gasteiger partial charge in [-0.3, -0.25) is 4.79 Å². The predicted octanol–water partition coefficient (Wildman–Crippen LogP) is 1.85. The van der Waals surface area contributed by atoms with Crippen LogP contribution >= 0.6 is 0 Å². The Bertz CT molecular complexity index is 645. The van der Waals surface area contributed by atoms with Gasteiger partial charge in [-0.1, -0.05) is 20.8 Å². The summed E-state index contributed by atoms with van der Waals surface area (Å²) in [6.45, 7) is 6.41. The molecule has 110 valence electrons. The molecule has 5 nitrogen and oxygen atoms in total. The lowest BCUT2D eigenvalue weighted by atomic mass is 9.97. The van der Waals surface area contributed by atoms with Gasteiger partial charge in [0.2, 0.25) is 15.9 Å². The maximum absolute atomic E-state index is 12.5. The van der Waals surface area contributed by atoms with E-state index < -0.39 is 10.0 Å². The molecule has 0 aromatic heterocycles. The van der Waals surface area contributed by atoms with E-state index in [2.05, 4.69) is 5.32 Å². The van der Waals surface area contributed by atoms with Crippen LogP contribution in [0, 0.1) is 5.41 Å². The molecule has 0 saturated heterocycles. The fourth-order valence-corrected chi connectivity index (χ4v) is 3.75. The Labute approximate surface area is 120 Å². The van der Waals surface area contributed by atoms with Gasteiger partial charge in [-0.05, 0) is 29.2 Å². The van der Waals surface area contributed by atoms with Crippen molar-refractivity contribution in [3.05, 3.63) is 23.8 Å². The highest BCUT2D eigenvalue weighted by Gasteiger charge is 2.27. The molecule has 6 heteroatoms. The Kier molecular flexibility index (Phi) is 3.64. The summed E-state index contributed by atoms with van der Waals surface area (Å²) in [5.74, 6) is -0.0994. The third-order valence-electron chi connectivity index (χ3n) is 3.11. The molecule has 1 aromatic carbocycles. The van der Waals surface area contributed by atoms with Crippen molar-refractivity contribution >= 4 is 21.6 Å². The van der Waals surface area contributed by atoms with E-state index in [1.165, 1.54) is 4.31 Å². The van der Waals surface area contributed by atoms with Gasteiger partial charge in [0.05, 0.1) is 11.3 Å². The number of hydrogen-bond donors (Lipinski definition) is 1. The SMILES string of the molecule is CN(CC(C)(C)C)S(=O)(=O)c1ccc2c(c1)CC(=O)N2. The summed E-state index contributed by atoms with van der Waals surface area (Å²) in [6.07, 6.45) is 0.238. The number of nitrogens with one attached hydrogen (secondary N) is 1. The first kappa shape index (κ1) is 15.0. The minimum atomic E-state index is -3.52. The van der Waals surface area contributed by atoms with Crippen molar-refractivity contribution in [2.45, 2.75) is 32.1 Å². The van der Waals surface area contributed by atoms with Crippen LogP contribution in [0.5, 0.6) is 0 Å². The predicted molar refractivity (Wildman–Crippen MR) is 78.0 cm³/mol. The van der Waals surface area contributed by atoms with Crippen LogP contribution in [0.3, 0.4) is 0 Å². The van der Waals surface area contributed by atoms with Gasteiger partial charge in [0, 0.05) is 19.3 Å². The second-order valence-electron chi connectivity index (χ2n) is 6.37. The molecule has 1 amide bonds. The van der Waals surface area contributed by atoms with E-state index in [0.717, 1.165) is 5.56 Å². The molecule has 0 aliphatic carbocycles. The van der Waals surface area contributed by atoms with Gasteiger partial charge in [0.1, 0.15) is 0 Å².